The second kappa shape index (κ2) is 8.59. The molecule has 2 heterocycles. The van der Waals surface area contributed by atoms with Crippen molar-refractivity contribution in [3.8, 4) is 0 Å². The molecule has 1 fully saturated rings. The lowest BCUT2D eigenvalue weighted by atomic mass is 9.75. The number of methoxy groups -OCH3 is 1. The largest absolute Gasteiger partial charge is 0.416 e. The summed E-state index contributed by atoms with van der Waals surface area (Å²) in [6.07, 6.45) is 2.18. The van der Waals surface area contributed by atoms with Crippen molar-refractivity contribution in [2.24, 2.45) is 5.92 Å². The van der Waals surface area contributed by atoms with Gasteiger partial charge in [0.25, 0.3) is 0 Å². The van der Waals surface area contributed by atoms with Crippen LogP contribution in [-0.2, 0) is 10.9 Å². The van der Waals surface area contributed by atoms with Gasteiger partial charge in [0.1, 0.15) is 0 Å². The minimum Gasteiger partial charge on any atom is -0.411 e. The van der Waals surface area contributed by atoms with E-state index in [1.165, 1.54) is 18.5 Å². The number of halogens is 3. The van der Waals surface area contributed by atoms with Gasteiger partial charge in [0.05, 0.1) is 23.7 Å². The van der Waals surface area contributed by atoms with Crippen molar-refractivity contribution in [2.45, 2.75) is 43.8 Å². The maximum Gasteiger partial charge on any atom is 0.416 e. The Morgan fingerprint density at radius 2 is 2.00 bits per heavy atom. The van der Waals surface area contributed by atoms with Crippen LogP contribution in [-0.4, -0.2) is 34.9 Å². The highest BCUT2D eigenvalue weighted by Crippen LogP contribution is 2.41. The zero-order chi connectivity index (χ0) is 21.1. The summed E-state index contributed by atoms with van der Waals surface area (Å²) >= 11 is 0. The van der Waals surface area contributed by atoms with Crippen LogP contribution in [0.4, 0.5) is 19.2 Å². The average molecular weight is 420 g/mol. The summed E-state index contributed by atoms with van der Waals surface area (Å²) in [4.78, 5) is 4.25. The van der Waals surface area contributed by atoms with E-state index in [1.807, 2.05) is 6.07 Å². The van der Waals surface area contributed by atoms with E-state index < -0.39 is 11.7 Å². The third kappa shape index (κ3) is 4.40. The Balaban J connectivity index is 1.51. The number of benzene rings is 1. The van der Waals surface area contributed by atoms with E-state index in [2.05, 4.69) is 20.5 Å². The van der Waals surface area contributed by atoms with Crippen LogP contribution in [0.5, 0.6) is 0 Å². The van der Waals surface area contributed by atoms with Crippen LogP contribution in [0.1, 0.15) is 42.7 Å². The highest BCUT2D eigenvalue weighted by atomic mass is 19.4. The number of rotatable bonds is 6. The van der Waals surface area contributed by atoms with Crippen LogP contribution in [0, 0.1) is 5.92 Å². The topological polar surface area (TPSA) is 73.1 Å². The Bertz CT molecular complexity index is 970. The molecule has 0 bridgehead atoms. The number of aromatic nitrogens is 3. The van der Waals surface area contributed by atoms with Crippen LogP contribution in [0.25, 0.3) is 10.9 Å². The van der Waals surface area contributed by atoms with E-state index in [0.29, 0.717) is 29.4 Å². The van der Waals surface area contributed by atoms with Gasteiger partial charge in [-0.2, -0.15) is 13.2 Å². The first kappa shape index (κ1) is 20.6. The molecule has 9 heteroatoms. The summed E-state index contributed by atoms with van der Waals surface area (Å²) in [7, 11) is 1.65. The molecule has 1 aliphatic carbocycles. The molecule has 3 aromatic rings. The first-order valence-electron chi connectivity index (χ1n) is 9.93. The molecule has 0 spiro atoms. The molecule has 4 rings (SSSR count). The molecule has 160 valence electrons. The van der Waals surface area contributed by atoms with E-state index in [1.54, 1.807) is 13.3 Å². The molecule has 30 heavy (non-hydrogen) atoms. The molecule has 0 amide bonds. The number of hydrogen-bond donors (Lipinski definition) is 1. The van der Waals surface area contributed by atoms with Gasteiger partial charge in [0.2, 0.25) is 6.39 Å². The first-order valence-corrected chi connectivity index (χ1v) is 9.93. The van der Waals surface area contributed by atoms with Crippen LogP contribution in [0.3, 0.4) is 0 Å². The van der Waals surface area contributed by atoms with Crippen LogP contribution < -0.4 is 5.32 Å². The summed E-state index contributed by atoms with van der Waals surface area (Å²) in [6.45, 7) is 0.505. The molecule has 1 aliphatic rings. The lowest BCUT2D eigenvalue weighted by Crippen LogP contribution is -2.35. The molecule has 1 N–H and O–H groups in total. The molecule has 0 saturated heterocycles. The number of hydrogen-bond acceptors (Lipinski definition) is 6. The number of anilines is 1. The Hall–Kier alpha value is -2.68. The SMILES string of the molecule is COCC(Nc1nnco1)C1CCC(c2ccnc3ccc(C(F)(F)F)cc23)CC1. The van der Waals surface area contributed by atoms with Crippen molar-refractivity contribution in [3.05, 3.63) is 48.0 Å². The van der Waals surface area contributed by atoms with E-state index >= 15 is 0 Å². The quantitative estimate of drug-likeness (QED) is 0.603. The molecule has 1 atom stereocenters. The Kier molecular flexibility index (Phi) is 5.90. The standard InChI is InChI=1S/C21H23F3N4O2/c1-29-11-19(27-20-28-26-12-30-20)14-4-2-13(3-5-14)16-8-9-25-18-7-6-15(10-17(16)18)21(22,23)24/h6-10,12-14,19H,2-5,11H2,1H3,(H,27,28). The van der Waals surface area contributed by atoms with E-state index in [4.69, 9.17) is 9.15 Å². The minimum absolute atomic E-state index is 0.0300. The van der Waals surface area contributed by atoms with Gasteiger partial charge >= 0.3 is 12.2 Å². The number of alkyl halides is 3. The van der Waals surface area contributed by atoms with Gasteiger partial charge in [-0.15, -0.1) is 5.10 Å². The number of fused-ring (bicyclic) bond motifs is 1. The normalized spacial score (nSPS) is 20.9. The number of nitrogens with one attached hydrogen (secondary N) is 1. The molecule has 0 radical (unpaired) electrons. The lowest BCUT2D eigenvalue weighted by Gasteiger charge is -2.34. The molecule has 1 unspecified atom stereocenters. The van der Waals surface area contributed by atoms with Gasteiger partial charge in [0.15, 0.2) is 0 Å². The fraction of sp³-hybridized carbons (Fsp3) is 0.476. The van der Waals surface area contributed by atoms with Gasteiger partial charge < -0.3 is 14.5 Å². The predicted octanol–water partition coefficient (Wildman–Crippen LogP) is 5.04. The van der Waals surface area contributed by atoms with Crippen molar-refractivity contribution < 1.29 is 22.3 Å². The molecule has 0 aliphatic heterocycles. The van der Waals surface area contributed by atoms with E-state index in [-0.39, 0.29) is 12.0 Å². The lowest BCUT2D eigenvalue weighted by molar-refractivity contribution is -0.137. The van der Waals surface area contributed by atoms with Crippen LogP contribution in [0.15, 0.2) is 41.3 Å². The Morgan fingerprint density at radius 3 is 2.67 bits per heavy atom. The molecule has 2 aromatic heterocycles. The summed E-state index contributed by atoms with van der Waals surface area (Å²) in [5, 5.41) is 11.4. The fourth-order valence-electron chi connectivity index (χ4n) is 4.40. The minimum atomic E-state index is -4.37. The van der Waals surface area contributed by atoms with Crippen molar-refractivity contribution in [3.63, 3.8) is 0 Å². The number of nitrogens with zero attached hydrogens (tertiary/aromatic N) is 3. The summed E-state index contributed by atoms with van der Waals surface area (Å²) in [6, 6.07) is 6.03. The van der Waals surface area contributed by atoms with Crippen molar-refractivity contribution in [1.29, 1.82) is 0 Å². The molecular formula is C21H23F3N4O2. The van der Waals surface area contributed by atoms with Crippen molar-refractivity contribution in [2.75, 3.05) is 19.0 Å². The molecule has 1 aromatic carbocycles. The van der Waals surface area contributed by atoms with Gasteiger partial charge in [-0.3, -0.25) is 4.98 Å². The van der Waals surface area contributed by atoms with Crippen molar-refractivity contribution >= 4 is 16.9 Å². The Morgan fingerprint density at radius 1 is 1.20 bits per heavy atom. The summed E-state index contributed by atoms with van der Waals surface area (Å²) in [5.41, 5.74) is 0.900. The van der Waals surface area contributed by atoms with E-state index in [9.17, 15) is 13.2 Å². The monoisotopic (exact) mass is 420 g/mol. The first-order chi connectivity index (χ1) is 14.5. The maximum absolute atomic E-state index is 13.2. The van der Waals surface area contributed by atoms with Gasteiger partial charge in [-0.25, -0.2) is 0 Å². The van der Waals surface area contributed by atoms with Crippen LogP contribution in [0.2, 0.25) is 0 Å². The second-order valence-electron chi connectivity index (χ2n) is 7.69. The summed E-state index contributed by atoms with van der Waals surface area (Å²) in [5.74, 6) is 0.536. The van der Waals surface area contributed by atoms with Crippen molar-refractivity contribution in [1.82, 2.24) is 15.2 Å². The molecular weight excluding hydrogens is 397 g/mol. The zero-order valence-electron chi connectivity index (χ0n) is 16.5. The van der Waals surface area contributed by atoms with Gasteiger partial charge in [0, 0.05) is 18.7 Å². The highest BCUT2D eigenvalue weighted by molar-refractivity contribution is 5.83. The van der Waals surface area contributed by atoms with Gasteiger partial charge in [-0.05, 0) is 67.3 Å². The predicted molar refractivity (Wildman–Crippen MR) is 105 cm³/mol. The zero-order valence-corrected chi connectivity index (χ0v) is 16.5. The molecule has 1 saturated carbocycles. The number of pyridine rings is 1. The molecule has 6 nitrogen and oxygen atoms in total. The second-order valence-corrected chi connectivity index (χ2v) is 7.69. The average Bonchev–Trinajstić information content (AvgIpc) is 3.25. The smallest absolute Gasteiger partial charge is 0.411 e. The fourth-order valence-corrected chi connectivity index (χ4v) is 4.40. The summed E-state index contributed by atoms with van der Waals surface area (Å²) < 4.78 is 50.1. The Labute approximate surface area is 171 Å². The number of ether oxygens (including phenoxy) is 1. The third-order valence-electron chi connectivity index (χ3n) is 5.90. The van der Waals surface area contributed by atoms with Crippen LogP contribution >= 0.6 is 0 Å². The maximum atomic E-state index is 13.2. The van der Waals surface area contributed by atoms with E-state index in [0.717, 1.165) is 37.3 Å². The third-order valence-corrected chi connectivity index (χ3v) is 5.90. The van der Waals surface area contributed by atoms with Gasteiger partial charge in [-0.1, -0.05) is 5.10 Å². The highest BCUT2D eigenvalue weighted by Gasteiger charge is 2.32.